The predicted molar refractivity (Wildman–Crippen MR) is 104 cm³/mol. The summed E-state index contributed by atoms with van der Waals surface area (Å²) in [6.45, 7) is 2.88. The van der Waals surface area contributed by atoms with Crippen LogP contribution >= 0.6 is 0 Å². The second-order valence-corrected chi connectivity index (χ2v) is 5.97. The van der Waals surface area contributed by atoms with E-state index in [0.717, 1.165) is 5.56 Å². The summed E-state index contributed by atoms with van der Waals surface area (Å²) in [6, 6.07) is 13.6. The lowest BCUT2D eigenvalue weighted by Gasteiger charge is -2.13. The van der Waals surface area contributed by atoms with Gasteiger partial charge in [0.15, 0.2) is 11.5 Å². The zero-order valence-corrected chi connectivity index (χ0v) is 15.5. The van der Waals surface area contributed by atoms with E-state index >= 15 is 0 Å². The van der Waals surface area contributed by atoms with Crippen molar-refractivity contribution in [3.63, 3.8) is 0 Å². The number of aromatic nitrogens is 2. The van der Waals surface area contributed by atoms with Crippen LogP contribution in [-0.4, -0.2) is 22.5 Å². The molecular weight excluding hydrogens is 358 g/mol. The van der Waals surface area contributed by atoms with Crippen LogP contribution in [0.1, 0.15) is 28.5 Å². The zero-order chi connectivity index (χ0) is 19.8. The molecule has 7 heteroatoms. The van der Waals surface area contributed by atoms with E-state index in [0.29, 0.717) is 36.0 Å². The molecule has 0 atom stereocenters. The molecule has 0 saturated carbocycles. The largest absolute Gasteiger partial charge is 0.490 e. The van der Waals surface area contributed by atoms with Gasteiger partial charge in [0.05, 0.1) is 13.2 Å². The molecule has 0 spiro atoms. The van der Waals surface area contributed by atoms with Crippen LogP contribution in [0.25, 0.3) is 0 Å². The first-order valence-electron chi connectivity index (χ1n) is 8.90. The predicted octanol–water partition coefficient (Wildman–Crippen LogP) is 2.68. The van der Waals surface area contributed by atoms with Gasteiger partial charge in [-0.05, 0) is 37.3 Å². The first-order chi connectivity index (χ1) is 13.7. The molecule has 0 saturated heterocycles. The van der Waals surface area contributed by atoms with Gasteiger partial charge in [0, 0.05) is 35.3 Å². The average molecular weight is 379 g/mol. The lowest BCUT2D eigenvalue weighted by Crippen LogP contribution is -2.24. The highest BCUT2D eigenvalue weighted by atomic mass is 16.5. The third-order valence-electron chi connectivity index (χ3n) is 3.89. The van der Waals surface area contributed by atoms with Gasteiger partial charge in [-0.3, -0.25) is 14.6 Å². The van der Waals surface area contributed by atoms with Crippen molar-refractivity contribution in [1.82, 2.24) is 15.3 Å². The van der Waals surface area contributed by atoms with Crippen molar-refractivity contribution in [3.8, 4) is 11.5 Å². The van der Waals surface area contributed by atoms with E-state index in [1.807, 2.05) is 19.1 Å². The fourth-order valence-corrected chi connectivity index (χ4v) is 2.56. The van der Waals surface area contributed by atoms with Crippen LogP contribution in [0.2, 0.25) is 0 Å². The maximum atomic E-state index is 12.4. The number of hydrogen-bond acceptors (Lipinski definition) is 5. The van der Waals surface area contributed by atoms with Gasteiger partial charge in [0.2, 0.25) is 5.56 Å². The number of pyridine rings is 2. The Balaban J connectivity index is 1.68. The summed E-state index contributed by atoms with van der Waals surface area (Å²) < 4.78 is 11.4. The average Bonchev–Trinajstić information content (AvgIpc) is 2.72. The van der Waals surface area contributed by atoms with Crippen LogP contribution in [0.15, 0.2) is 65.7 Å². The van der Waals surface area contributed by atoms with Crippen molar-refractivity contribution in [3.05, 3.63) is 88.1 Å². The summed E-state index contributed by atoms with van der Waals surface area (Å²) >= 11 is 0. The topological polar surface area (TPSA) is 93.3 Å². The minimum Gasteiger partial charge on any atom is -0.490 e. The van der Waals surface area contributed by atoms with E-state index < -0.39 is 0 Å². The molecule has 0 radical (unpaired) electrons. The zero-order valence-electron chi connectivity index (χ0n) is 15.5. The van der Waals surface area contributed by atoms with Crippen molar-refractivity contribution in [2.45, 2.75) is 20.1 Å². The Labute approximate surface area is 162 Å². The maximum absolute atomic E-state index is 12.4. The molecule has 0 unspecified atom stereocenters. The number of hydrogen-bond donors (Lipinski definition) is 2. The van der Waals surface area contributed by atoms with Gasteiger partial charge in [0.1, 0.15) is 6.61 Å². The quantitative estimate of drug-likeness (QED) is 0.628. The SMILES string of the molecule is CCOc1cc(C(=O)NCc2cccc(=O)[nH]2)ccc1OCc1cccnc1. The van der Waals surface area contributed by atoms with E-state index in [-0.39, 0.29) is 18.0 Å². The van der Waals surface area contributed by atoms with Crippen molar-refractivity contribution < 1.29 is 14.3 Å². The van der Waals surface area contributed by atoms with Gasteiger partial charge in [-0.1, -0.05) is 12.1 Å². The molecule has 7 nitrogen and oxygen atoms in total. The number of nitrogens with one attached hydrogen (secondary N) is 2. The standard InChI is InChI=1S/C21H21N3O4/c1-2-27-19-11-16(21(26)23-13-17-6-3-7-20(25)24-17)8-9-18(19)28-14-15-5-4-10-22-12-15/h3-12H,2,13-14H2,1H3,(H,23,26)(H,24,25). The van der Waals surface area contributed by atoms with Crippen LogP contribution in [0.3, 0.4) is 0 Å². The summed E-state index contributed by atoms with van der Waals surface area (Å²) in [5.74, 6) is 0.770. The number of ether oxygens (including phenoxy) is 2. The highest BCUT2D eigenvalue weighted by Crippen LogP contribution is 2.29. The van der Waals surface area contributed by atoms with Gasteiger partial charge >= 0.3 is 0 Å². The van der Waals surface area contributed by atoms with Gasteiger partial charge < -0.3 is 19.8 Å². The molecule has 144 valence electrons. The van der Waals surface area contributed by atoms with Gasteiger partial charge in [0.25, 0.3) is 5.91 Å². The van der Waals surface area contributed by atoms with Crippen molar-refractivity contribution in [1.29, 1.82) is 0 Å². The van der Waals surface area contributed by atoms with Crippen LogP contribution < -0.4 is 20.3 Å². The molecule has 2 aromatic heterocycles. The number of nitrogens with zero attached hydrogens (tertiary/aromatic N) is 1. The van der Waals surface area contributed by atoms with Gasteiger partial charge in [-0.25, -0.2) is 0 Å². The fraction of sp³-hybridized carbons (Fsp3) is 0.190. The Morgan fingerprint density at radius 3 is 2.75 bits per heavy atom. The Morgan fingerprint density at radius 2 is 2.00 bits per heavy atom. The molecule has 2 heterocycles. The molecule has 2 N–H and O–H groups in total. The number of rotatable bonds is 8. The summed E-state index contributed by atoms with van der Waals surface area (Å²) in [4.78, 5) is 30.5. The first kappa shape index (κ1) is 19.2. The summed E-state index contributed by atoms with van der Waals surface area (Å²) in [7, 11) is 0. The van der Waals surface area contributed by atoms with Crippen molar-refractivity contribution >= 4 is 5.91 Å². The molecule has 0 aliphatic heterocycles. The molecular formula is C21H21N3O4. The molecule has 28 heavy (non-hydrogen) atoms. The molecule has 0 fully saturated rings. The maximum Gasteiger partial charge on any atom is 0.251 e. The second-order valence-electron chi connectivity index (χ2n) is 5.97. The van der Waals surface area contributed by atoms with Crippen LogP contribution in [0.5, 0.6) is 11.5 Å². The molecule has 0 aliphatic carbocycles. The molecule has 1 aromatic carbocycles. The van der Waals surface area contributed by atoms with E-state index in [1.54, 1.807) is 42.7 Å². The minimum absolute atomic E-state index is 0.208. The molecule has 3 aromatic rings. The minimum atomic E-state index is -0.274. The summed E-state index contributed by atoms with van der Waals surface area (Å²) in [5, 5.41) is 2.78. The van der Waals surface area contributed by atoms with E-state index in [1.165, 1.54) is 6.07 Å². The number of carbonyl (C=O) groups excluding carboxylic acids is 1. The van der Waals surface area contributed by atoms with E-state index in [4.69, 9.17) is 9.47 Å². The third kappa shape index (κ3) is 5.20. The lowest BCUT2D eigenvalue weighted by molar-refractivity contribution is 0.0950. The first-order valence-corrected chi connectivity index (χ1v) is 8.90. The Kier molecular flexibility index (Phi) is 6.41. The third-order valence-corrected chi connectivity index (χ3v) is 3.89. The molecule has 0 aliphatic rings. The number of benzene rings is 1. The van der Waals surface area contributed by atoms with Crippen molar-refractivity contribution in [2.75, 3.05) is 6.61 Å². The molecule has 1 amide bonds. The Hall–Kier alpha value is -3.61. The number of H-pyrrole nitrogens is 1. The van der Waals surface area contributed by atoms with Crippen LogP contribution in [-0.2, 0) is 13.2 Å². The Morgan fingerprint density at radius 1 is 1.11 bits per heavy atom. The monoisotopic (exact) mass is 379 g/mol. The van der Waals surface area contributed by atoms with Crippen LogP contribution in [0.4, 0.5) is 0 Å². The normalized spacial score (nSPS) is 10.3. The van der Waals surface area contributed by atoms with Crippen LogP contribution in [0, 0.1) is 0 Å². The number of amides is 1. The number of aromatic amines is 1. The molecule has 3 rings (SSSR count). The van der Waals surface area contributed by atoms with Gasteiger partial charge in [-0.2, -0.15) is 0 Å². The van der Waals surface area contributed by atoms with Gasteiger partial charge in [-0.15, -0.1) is 0 Å². The number of carbonyl (C=O) groups is 1. The van der Waals surface area contributed by atoms with E-state index in [9.17, 15) is 9.59 Å². The highest BCUT2D eigenvalue weighted by Gasteiger charge is 2.12. The lowest BCUT2D eigenvalue weighted by atomic mass is 10.2. The highest BCUT2D eigenvalue weighted by molar-refractivity contribution is 5.94. The molecule has 0 bridgehead atoms. The van der Waals surface area contributed by atoms with E-state index in [2.05, 4.69) is 15.3 Å². The smallest absolute Gasteiger partial charge is 0.251 e. The Bertz CT molecular complexity index is 986. The summed E-state index contributed by atoms with van der Waals surface area (Å²) in [6.07, 6.45) is 3.43. The fourth-order valence-electron chi connectivity index (χ4n) is 2.56. The second kappa shape index (κ2) is 9.36. The van der Waals surface area contributed by atoms with Crippen molar-refractivity contribution in [2.24, 2.45) is 0 Å². The summed E-state index contributed by atoms with van der Waals surface area (Å²) in [5.41, 5.74) is 1.79.